The average Bonchev–Trinajstić information content (AvgIpc) is 2.65. The largest absolute Gasteiger partial charge is 0.523 e. The van der Waals surface area contributed by atoms with Gasteiger partial charge >= 0.3 is 15.6 Å². The molecule has 27 heavy (non-hydrogen) atoms. The first-order chi connectivity index (χ1) is 12.6. The van der Waals surface area contributed by atoms with Gasteiger partial charge in [0.1, 0.15) is 11.5 Å². The summed E-state index contributed by atoms with van der Waals surface area (Å²) in [7, 11) is -3.23. The van der Waals surface area contributed by atoms with Gasteiger partial charge in [-0.2, -0.15) is 21.6 Å². The number of alkyl halides is 3. The molecule has 10 heteroatoms. The number of rotatable bonds is 7. The summed E-state index contributed by atoms with van der Waals surface area (Å²) >= 11 is 0. The number of Topliss-reactive ketones (excluding diaryl/α,β-unsaturated/α-hetero) is 1. The van der Waals surface area contributed by atoms with E-state index in [1.165, 1.54) is 62.8 Å². The first-order valence-electron chi connectivity index (χ1n) is 7.41. The maximum Gasteiger partial charge on any atom is 0.523 e. The van der Waals surface area contributed by atoms with Crippen LogP contribution in [0, 0.1) is 0 Å². The molecule has 0 heterocycles. The Labute approximate surface area is 153 Å². The van der Waals surface area contributed by atoms with Gasteiger partial charge in [-0.1, -0.05) is 12.1 Å². The Bertz CT molecular complexity index is 890. The Morgan fingerprint density at radius 2 is 1.33 bits per heavy atom. The van der Waals surface area contributed by atoms with Gasteiger partial charge in [0, 0.05) is 5.56 Å². The van der Waals surface area contributed by atoms with Crippen molar-refractivity contribution in [2.45, 2.75) is 11.6 Å². The van der Waals surface area contributed by atoms with Gasteiger partial charge in [0.25, 0.3) is 0 Å². The molecule has 0 saturated carbocycles. The predicted molar refractivity (Wildman–Crippen MR) is 89.1 cm³/mol. The number of methoxy groups -OCH3 is 2. The normalized spacial score (nSPS) is 13.1. The fourth-order valence-corrected chi connectivity index (χ4v) is 2.68. The Balaban J connectivity index is 2.45. The molecule has 0 aliphatic heterocycles. The molecule has 2 aromatic carbocycles. The molecule has 0 aliphatic carbocycles. The molecular formula is C17H15F3O6S. The molecule has 0 bridgehead atoms. The summed E-state index contributed by atoms with van der Waals surface area (Å²) in [6, 6.07) is 10.6. The molecular weight excluding hydrogens is 389 g/mol. The topological polar surface area (TPSA) is 78.9 Å². The lowest BCUT2D eigenvalue weighted by molar-refractivity contribution is -0.0563. The third kappa shape index (κ3) is 4.77. The van der Waals surface area contributed by atoms with Crippen LogP contribution in [0.4, 0.5) is 13.2 Å². The summed E-state index contributed by atoms with van der Waals surface area (Å²) in [6.07, 6.45) is -2.02. The Hall–Kier alpha value is -2.59. The summed E-state index contributed by atoms with van der Waals surface area (Å²) < 4.78 is 75.2. The molecule has 0 spiro atoms. The van der Waals surface area contributed by atoms with Crippen molar-refractivity contribution in [1.82, 2.24) is 0 Å². The zero-order valence-electron chi connectivity index (χ0n) is 14.2. The first-order valence-corrected chi connectivity index (χ1v) is 8.81. The number of carbonyl (C=O) groups excluding carboxylic acids is 1. The fraction of sp³-hybridized carbons (Fsp3) is 0.235. The lowest BCUT2D eigenvalue weighted by Crippen LogP contribution is -2.30. The van der Waals surface area contributed by atoms with Crippen molar-refractivity contribution in [3.05, 3.63) is 59.7 Å². The second-order valence-corrected chi connectivity index (χ2v) is 6.81. The van der Waals surface area contributed by atoms with Crippen LogP contribution in [0.2, 0.25) is 0 Å². The van der Waals surface area contributed by atoms with Crippen LogP contribution in [0.25, 0.3) is 0 Å². The smallest absolute Gasteiger partial charge is 0.497 e. The summed E-state index contributed by atoms with van der Waals surface area (Å²) in [5.41, 5.74) is -5.80. The number of halogens is 3. The van der Waals surface area contributed by atoms with Crippen LogP contribution in [-0.2, 0) is 14.3 Å². The van der Waals surface area contributed by atoms with Crippen LogP contribution in [0.1, 0.15) is 22.0 Å². The van der Waals surface area contributed by atoms with Gasteiger partial charge in [-0.15, -0.1) is 0 Å². The number of benzene rings is 2. The Morgan fingerprint density at radius 3 is 1.74 bits per heavy atom. The zero-order chi connectivity index (χ0) is 20.2. The summed E-state index contributed by atoms with van der Waals surface area (Å²) in [5.74, 6) is -0.180. The van der Waals surface area contributed by atoms with Crippen molar-refractivity contribution in [3.63, 3.8) is 0 Å². The maximum absolute atomic E-state index is 12.7. The minimum atomic E-state index is -6.00. The number of carbonyl (C=O) groups is 1. The lowest BCUT2D eigenvalue weighted by Gasteiger charge is -2.18. The molecule has 0 radical (unpaired) electrons. The van der Waals surface area contributed by atoms with E-state index in [0.717, 1.165) is 0 Å². The highest BCUT2D eigenvalue weighted by molar-refractivity contribution is 7.87. The van der Waals surface area contributed by atoms with Crippen molar-refractivity contribution in [2.24, 2.45) is 0 Å². The van der Waals surface area contributed by atoms with Crippen molar-refractivity contribution in [2.75, 3.05) is 14.2 Å². The first kappa shape index (κ1) is 20.7. The predicted octanol–water partition coefficient (Wildman–Crippen LogP) is 3.49. The third-order valence-electron chi connectivity index (χ3n) is 3.54. The van der Waals surface area contributed by atoms with Gasteiger partial charge in [-0.05, 0) is 42.0 Å². The maximum atomic E-state index is 12.7. The average molecular weight is 404 g/mol. The van der Waals surface area contributed by atoms with Crippen molar-refractivity contribution in [1.29, 1.82) is 0 Å². The van der Waals surface area contributed by atoms with Crippen molar-refractivity contribution in [3.8, 4) is 11.5 Å². The molecule has 0 N–H and O–H groups in total. The fourth-order valence-electron chi connectivity index (χ4n) is 2.12. The molecule has 0 amide bonds. The highest BCUT2D eigenvalue weighted by Crippen LogP contribution is 2.33. The van der Waals surface area contributed by atoms with E-state index in [1.807, 2.05) is 0 Å². The second kappa shape index (κ2) is 7.97. The second-order valence-electron chi connectivity index (χ2n) is 5.24. The van der Waals surface area contributed by atoms with Gasteiger partial charge in [-0.3, -0.25) is 4.79 Å². The summed E-state index contributed by atoms with van der Waals surface area (Å²) in [4.78, 5) is 12.7. The lowest BCUT2D eigenvalue weighted by atomic mass is 10.00. The number of ether oxygens (including phenoxy) is 2. The molecule has 0 aliphatic rings. The van der Waals surface area contributed by atoms with E-state index in [4.69, 9.17) is 9.47 Å². The molecule has 6 nitrogen and oxygen atoms in total. The number of ketones is 1. The van der Waals surface area contributed by atoms with E-state index in [2.05, 4.69) is 4.18 Å². The highest BCUT2D eigenvalue weighted by Gasteiger charge is 2.49. The minimum Gasteiger partial charge on any atom is -0.497 e. The summed E-state index contributed by atoms with van der Waals surface area (Å²) in [6.45, 7) is 0. The van der Waals surface area contributed by atoms with Crippen LogP contribution in [-0.4, -0.2) is 33.9 Å². The molecule has 0 aromatic heterocycles. The van der Waals surface area contributed by atoms with Gasteiger partial charge in [0.05, 0.1) is 14.2 Å². The van der Waals surface area contributed by atoms with Gasteiger partial charge in [0.2, 0.25) is 0 Å². The standard InChI is InChI=1S/C17H15F3O6S/c1-24-13-7-3-11(4-8-13)15(21)16(26-27(22,23)17(18,19)20)12-5-9-14(25-2)10-6-12/h3-10,16H,1-2H3. The molecule has 0 saturated heterocycles. The SMILES string of the molecule is COc1ccc(C(=O)C(OS(=O)(=O)C(F)(F)F)c2ccc(OC)cc2)cc1. The van der Waals surface area contributed by atoms with Crippen LogP contribution >= 0.6 is 0 Å². The van der Waals surface area contributed by atoms with Gasteiger partial charge < -0.3 is 9.47 Å². The van der Waals surface area contributed by atoms with E-state index in [1.54, 1.807) is 0 Å². The summed E-state index contributed by atoms with van der Waals surface area (Å²) in [5, 5.41) is 0. The monoisotopic (exact) mass is 404 g/mol. The number of hydrogen-bond donors (Lipinski definition) is 0. The van der Waals surface area contributed by atoms with Crippen LogP contribution < -0.4 is 9.47 Å². The van der Waals surface area contributed by atoms with E-state index in [0.29, 0.717) is 11.5 Å². The highest BCUT2D eigenvalue weighted by atomic mass is 32.2. The molecule has 2 aromatic rings. The molecule has 0 fully saturated rings. The van der Waals surface area contributed by atoms with Crippen LogP contribution in [0.15, 0.2) is 48.5 Å². The Kier molecular flexibility index (Phi) is 6.11. The van der Waals surface area contributed by atoms with Gasteiger partial charge in [-0.25, -0.2) is 4.18 Å². The number of hydrogen-bond acceptors (Lipinski definition) is 6. The molecule has 2 rings (SSSR count). The minimum absolute atomic E-state index is 0.0472. The van der Waals surface area contributed by atoms with E-state index >= 15 is 0 Å². The molecule has 146 valence electrons. The third-order valence-corrected chi connectivity index (χ3v) is 4.55. The van der Waals surface area contributed by atoms with E-state index < -0.39 is 27.5 Å². The van der Waals surface area contributed by atoms with E-state index in [-0.39, 0.29) is 11.1 Å². The van der Waals surface area contributed by atoms with Crippen molar-refractivity contribution < 1.29 is 40.0 Å². The molecule has 1 atom stereocenters. The van der Waals surface area contributed by atoms with Crippen LogP contribution in [0.3, 0.4) is 0 Å². The van der Waals surface area contributed by atoms with E-state index in [9.17, 15) is 26.4 Å². The van der Waals surface area contributed by atoms with Crippen LogP contribution in [0.5, 0.6) is 11.5 Å². The van der Waals surface area contributed by atoms with Crippen molar-refractivity contribution >= 4 is 15.9 Å². The zero-order valence-corrected chi connectivity index (χ0v) is 15.0. The molecule has 1 unspecified atom stereocenters. The quantitative estimate of drug-likeness (QED) is 0.399. The van der Waals surface area contributed by atoms with Gasteiger partial charge in [0.15, 0.2) is 11.9 Å². The Morgan fingerprint density at radius 1 is 0.889 bits per heavy atom.